The molecule has 0 fully saturated rings. The first kappa shape index (κ1) is 17.3. The van der Waals surface area contributed by atoms with Crippen LogP contribution in [0, 0.1) is 0 Å². The van der Waals surface area contributed by atoms with Gasteiger partial charge in [0.25, 0.3) is 0 Å². The van der Waals surface area contributed by atoms with E-state index in [1.165, 1.54) is 38.2 Å². The third kappa shape index (κ3) is 2.49. The summed E-state index contributed by atoms with van der Waals surface area (Å²) in [5, 5.41) is 5.77. The van der Waals surface area contributed by atoms with Crippen molar-refractivity contribution in [1.29, 1.82) is 0 Å². The average molecular weight is 404 g/mol. The van der Waals surface area contributed by atoms with Gasteiger partial charge in [-0.1, -0.05) is 96.5 Å². The highest BCUT2D eigenvalue weighted by Gasteiger charge is 2.18. The largest absolute Gasteiger partial charge is 0.308 e. The predicted octanol–water partition coefficient (Wildman–Crippen LogP) is 8.26. The van der Waals surface area contributed by atoms with Gasteiger partial charge in [-0.05, 0) is 46.2 Å². The molecule has 0 saturated heterocycles. The quantitative estimate of drug-likeness (QED) is 0.274. The molecule has 2 heteroatoms. The summed E-state index contributed by atoms with van der Waals surface area (Å²) >= 11 is 6.67. The zero-order valence-electron chi connectivity index (χ0n) is 16.2. The Morgan fingerprint density at radius 2 is 1.27 bits per heavy atom. The highest BCUT2D eigenvalue weighted by molar-refractivity contribution is 6.33. The summed E-state index contributed by atoms with van der Waals surface area (Å²) in [5.41, 5.74) is 5.78. The Kier molecular flexibility index (Phi) is 3.90. The number of nitrogens with zero attached hydrogens (tertiary/aromatic N) is 1. The van der Waals surface area contributed by atoms with Gasteiger partial charge >= 0.3 is 0 Å². The highest BCUT2D eigenvalue weighted by atomic mass is 35.5. The van der Waals surface area contributed by atoms with E-state index >= 15 is 0 Å². The molecule has 0 atom stereocenters. The molecule has 0 unspecified atom stereocenters. The summed E-state index contributed by atoms with van der Waals surface area (Å²) in [6, 6.07) is 38.3. The van der Waals surface area contributed by atoms with Crippen LogP contribution in [0.1, 0.15) is 0 Å². The molecule has 142 valence electrons. The molecule has 0 bridgehead atoms. The zero-order chi connectivity index (χ0) is 20.1. The first-order chi connectivity index (χ1) is 14.8. The molecule has 0 saturated carbocycles. The van der Waals surface area contributed by atoms with E-state index in [1.54, 1.807) is 0 Å². The Morgan fingerprint density at radius 1 is 0.533 bits per heavy atom. The molecule has 1 aromatic heterocycles. The summed E-state index contributed by atoms with van der Waals surface area (Å²) in [6.45, 7) is 0. The normalized spacial score (nSPS) is 11.5. The van der Waals surface area contributed by atoms with E-state index in [9.17, 15) is 0 Å². The molecule has 1 nitrogen and oxygen atoms in total. The molecular formula is C28H18ClN. The van der Waals surface area contributed by atoms with Gasteiger partial charge in [0.1, 0.15) is 0 Å². The molecule has 6 rings (SSSR count). The molecule has 0 aliphatic carbocycles. The Morgan fingerprint density at radius 3 is 2.13 bits per heavy atom. The fourth-order valence-corrected chi connectivity index (χ4v) is 4.80. The summed E-state index contributed by atoms with van der Waals surface area (Å²) in [5.74, 6) is 0. The number of fused-ring (bicyclic) bond motifs is 5. The molecule has 0 amide bonds. The van der Waals surface area contributed by atoms with Crippen LogP contribution in [0.2, 0.25) is 5.02 Å². The number of hydrogen-bond acceptors (Lipinski definition) is 0. The molecule has 1 heterocycles. The SMILES string of the molecule is Clc1ccccc1-n1c2cccc(-c3ccccc3)c2c2c3ccccc3ccc21. The number of halogens is 1. The standard InChI is InChI=1S/C28H18ClN/c29-23-14-6-7-15-24(23)30-25-16-8-13-22(19-9-2-1-3-10-19)27(25)28-21-12-5-4-11-20(21)17-18-26(28)30/h1-18H. The zero-order valence-corrected chi connectivity index (χ0v) is 17.0. The van der Waals surface area contributed by atoms with Crippen molar-refractivity contribution < 1.29 is 0 Å². The topological polar surface area (TPSA) is 4.93 Å². The van der Waals surface area contributed by atoms with Crippen molar-refractivity contribution in [1.82, 2.24) is 4.57 Å². The fraction of sp³-hybridized carbons (Fsp3) is 0. The number of para-hydroxylation sites is 1. The second-order valence-corrected chi connectivity index (χ2v) is 7.94. The first-order valence-electron chi connectivity index (χ1n) is 10.1. The van der Waals surface area contributed by atoms with Crippen LogP contribution in [0.5, 0.6) is 0 Å². The maximum Gasteiger partial charge on any atom is 0.0648 e. The molecule has 0 N–H and O–H groups in total. The fourth-order valence-electron chi connectivity index (χ4n) is 4.58. The molecule has 0 aliphatic rings. The van der Waals surface area contributed by atoms with Crippen LogP contribution in [0.25, 0.3) is 49.4 Å². The highest BCUT2D eigenvalue weighted by Crippen LogP contribution is 2.42. The maximum absolute atomic E-state index is 6.67. The molecule has 0 spiro atoms. The smallest absolute Gasteiger partial charge is 0.0648 e. The Labute approximate surface area is 179 Å². The van der Waals surface area contributed by atoms with Gasteiger partial charge in [-0.15, -0.1) is 0 Å². The number of aromatic nitrogens is 1. The van der Waals surface area contributed by atoms with Gasteiger partial charge in [-0.25, -0.2) is 0 Å². The predicted molar refractivity (Wildman–Crippen MR) is 129 cm³/mol. The molecule has 30 heavy (non-hydrogen) atoms. The van der Waals surface area contributed by atoms with Crippen LogP contribution >= 0.6 is 11.6 Å². The third-order valence-electron chi connectivity index (χ3n) is 5.86. The number of hydrogen-bond donors (Lipinski definition) is 0. The van der Waals surface area contributed by atoms with E-state index < -0.39 is 0 Å². The second kappa shape index (κ2) is 6.76. The Bertz CT molecular complexity index is 1540. The van der Waals surface area contributed by atoms with Crippen molar-refractivity contribution in [2.75, 3.05) is 0 Å². The minimum Gasteiger partial charge on any atom is -0.308 e. The van der Waals surface area contributed by atoms with Gasteiger partial charge in [-0.2, -0.15) is 0 Å². The van der Waals surface area contributed by atoms with E-state index in [-0.39, 0.29) is 0 Å². The molecule has 0 aliphatic heterocycles. The Hall–Kier alpha value is -3.55. The maximum atomic E-state index is 6.67. The summed E-state index contributed by atoms with van der Waals surface area (Å²) in [4.78, 5) is 0. The van der Waals surface area contributed by atoms with Gasteiger partial charge in [0.2, 0.25) is 0 Å². The lowest BCUT2D eigenvalue weighted by molar-refractivity contribution is 1.18. The summed E-state index contributed by atoms with van der Waals surface area (Å²) in [6.07, 6.45) is 0. The van der Waals surface area contributed by atoms with E-state index in [4.69, 9.17) is 11.6 Å². The summed E-state index contributed by atoms with van der Waals surface area (Å²) in [7, 11) is 0. The van der Waals surface area contributed by atoms with Gasteiger partial charge in [0.15, 0.2) is 0 Å². The van der Waals surface area contributed by atoms with Crippen LogP contribution in [0.4, 0.5) is 0 Å². The lowest BCUT2D eigenvalue weighted by Gasteiger charge is -2.10. The van der Waals surface area contributed by atoms with Gasteiger partial charge in [0, 0.05) is 10.8 Å². The van der Waals surface area contributed by atoms with Gasteiger partial charge in [0.05, 0.1) is 21.7 Å². The number of benzene rings is 5. The van der Waals surface area contributed by atoms with Crippen molar-refractivity contribution in [3.63, 3.8) is 0 Å². The van der Waals surface area contributed by atoms with Crippen LogP contribution in [0.15, 0.2) is 109 Å². The first-order valence-corrected chi connectivity index (χ1v) is 10.5. The number of rotatable bonds is 2. The van der Waals surface area contributed by atoms with E-state index in [1.807, 2.05) is 18.2 Å². The van der Waals surface area contributed by atoms with Crippen molar-refractivity contribution in [2.24, 2.45) is 0 Å². The van der Waals surface area contributed by atoms with Gasteiger partial charge in [-0.3, -0.25) is 0 Å². The van der Waals surface area contributed by atoms with Crippen LogP contribution in [-0.2, 0) is 0 Å². The monoisotopic (exact) mass is 403 g/mol. The van der Waals surface area contributed by atoms with Gasteiger partial charge < -0.3 is 4.57 Å². The van der Waals surface area contributed by atoms with E-state index in [2.05, 4.69) is 95.6 Å². The lowest BCUT2D eigenvalue weighted by Crippen LogP contribution is -1.94. The van der Waals surface area contributed by atoms with Crippen LogP contribution in [-0.4, -0.2) is 4.57 Å². The lowest BCUT2D eigenvalue weighted by atomic mass is 9.97. The van der Waals surface area contributed by atoms with Crippen molar-refractivity contribution in [3.05, 3.63) is 114 Å². The molecule has 6 aromatic rings. The van der Waals surface area contributed by atoms with Crippen LogP contribution < -0.4 is 0 Å². The second-order valence-electron chi connectivity index (χ2n) is 7.53. The molecule has 0 radical (unpaired) electrons. The average Bonchev–Trinajstić information content (AvgIpc) is 3.15. The van der Waals surface area contributed by atoms with Crippen molar-refractivity contribution in [3.8, 4) is 16.8 Å². The Balaban J connectivity index is 1.89. The minimum absolute atomic E-state index is 0.745. The molecular weight excluding hydrogens is 386 g/mol. The van der Waals surface area contributed by atoms with Crippen molar-refractivity contribution >= 4 is 44.2 Å². The summed E-state index contributed by atoms with van der Waals surface area (Å²) < 4.78 is 2.30. The van der Waals surface area contributed by atoms with E-state index in [0.717, 1.165) is 16.2 Å². The minimum atomic E-state index is 0.745. The van der Waals surface area contributed by atoms with Crippen LogP contribution in [0.3, 0.4) is 0 Å². The van der Waals surface area contributed by atoms with Crippen molar-refractivity contribution in [2.45, 2.75) is 0 Å². The molecule has 5 aromatic carbocycles. The third-order valence-corrected chi connectivity index (χ3v) is 6.18. The van der Waals surface area contributed by atoms with E-state index in [0.29, 0.717) is 0 Å².